The zero-order chi connectivity index (χ0) is 14.6. The highest BCUT2D eigenvalue weighted by molar-refractivity contribution is 9.10. The van der Waals surface area contributed by atoms with Crippen molar-refractivity contribution in [3.8, 4) is 0 Å². The van der Waals surface area contributed by atoms with E-state index < -0.39 is 0 Å². The Labute approximate surface area is 124 Å². The molecule has 0 radical (unpaired) electrons. The standard InChI is InChI=1S/C15H23BrN2O/c1-10(8-15(3,4)5)6-13(19)18-12-7-11(2)14(16)17-9-12/h7,9-10H,6,8H2,1-5H3,(H,18,19). The molecule has 0 aliphatic rings. The molecule has 0 spiro atoms. The van der Waals surface area contributed by atoms with Crippen molar-refractivity contribution in [2.24, 2.45) is 11.3 Å². The van der Waals surface area contributed by atoms with E-state index in [2.05, 4.69) is 53.9 Å². The number of nitrogens with one attached hydrogen (secondary N) is 1. The Morgan fingerprint density at radius 3 is 2.63 bits per heavy atom. The Hall–Kier alpha value is -0.900. The normalized spacial score (nSPS) is 13.2. The summed E-state index contributed by atoms with van der Waals surface area (Å²) in [4.78, 5) is 16.1. The molecule has 4 heteroatoms. The molecule has 0 bridgehead atoms. The number of carbonyl (C=O) groups is 1. The molecule has 0 saturated carbocycles. The molecule has 19 heavy (non-hydrogen) atoms. The molecule has 1 aromatic rings. The number of hydrogen-bond donors (Lipinski definition) is 1. The van der Waals surface area contributed by atoms with Crippen LogP contribution in [0.15, 0.2) is 16.9 Å². The first-order valence-electron chi connectivity index (χ1n) is 6.59. The van der Waals surface area contributed by atoms with Crippen LogP contribution < -0.4 is 5.32 Å². The summed E-state index contributed by atoms with van der Waals surface area (Å²) in [6.07, 6.45) is 3.26. The van der Waals surface area contributed by atoms with Gasteiger partial charge in [-0.05, 0) is 52.2 Å². The number of aromatic nitrogens is 1. The highest BCUT2D eigenvalue weighted by Crippen LogP contribution is 2.26. The predicted octanol–water partition coefficient (Wildman–Crippen LogP) is 4.55. The fourth-order valence-corrected chi connectivity index (χ4v) is 2.49. The third-order valence-corrected chi connectivity index (χ3v) is 3.62. The van der Waals surface area contributed by atoms with E-state index in [0.29, 0.717) is 12.3 Å². The zero-order valence-corrected chi connectivity index (χ0v) is 14.0. The van der Waals surface area contributed by atoms with Crippen molar-refractivity contribution in [2.45, 2.75) is 47.5 Å². The van der Waals surface area contributed by atoms with Crippen LogP contribution in [0.2, 0.25) is 0 Å². The zero-order valence-electron chi connectivity index (χ0n) is 12.4. The highest BCUT2D eigenvalue weighted by Gasteiger charge is 2.17. The third kappa shape index (κ3) is 6.19. The van der Waals surface area contributed by atoms with Gasteiger partial charge in [0.25, 0.3) is 0 Å². The number of halogens is 1. The first-order valence-corrected chi connectivity index (χ1v) is 7.38. The van der Waals surface area contributed by atoms with Gasteiger partial charge in [-0.25, -0.2) is 4.98 Å². The van der Waals surface area contributed by atoms with E-state index in [0.717, 1.165) is 22.3 Å². The van der Waals surface area contributed by atoms with E-state index in [9.17, 15) is 4.79 Å². The van der Waals surface area contributed by atoms with Crippen LogP contribution in [0.4, 0.5) is 5.69 Å². The summed E-state index contributed by atoms with van der Waals surface area (Å²) in [5, 5.41) is 2.90. The van der Waals surface area contributed by atoms with Crippen molar-refractivity contribution in [1.82, 2.24) is 4.98 Å². The van der Waals surface area contributed by atoms with Crippen molar-refractivity contribution in [3.63, 3.8) is 0 Å². The third-order valence-electron chi connectivity index (χ3n) is 2.79. The Balaban J connectivity index is 2.53. The van der Waals surface area contributed by atoms with E-state index in [-0.39, 0.29) is 11.3 Å². The number of aryl methyl sites for hydroxylation is 1. The smallest absolute Gasteiger partial charge is 0.224 e. The van der Waals surface area contributed by atoms with Crippen molar-refractivity contribution in [3.05, 3.63) is 22.4 Å². The molecule has 0 aromatic carbocycles. The van der Waals surface area contributed by atoms with Gasteiger partial charge in [-0.2, -0.15) is 0 Å². The summed E-state index contributed by atoms with van der Waals surface area (Å²) in [6.45, 7) is 10.7. The van der Waals surface area contributed by atoms with Crippen LogP contribution in [-0.4, -0.2) is 10.9 Å². The molecular formula is C15H23BrN2O. The van der Waals surface area contributed by atoms with Gasteiger partial charge in [0, 0.05) is 6.42 Å². The predicted molar refractivity (Wildman–Crippen MR) is 83.2 cm³/mol. The van der Waals surface area contributed by atoms with Crippen LogP contribution in [0.1, 0.15) is 46.1 Å². The number of rotatable bonds is 4. The van der Waals surface area contributed by atoms with E-state index >= 15 is 0 Å². The first-order chi connectivity index (χ1) is 8.67. The number of amides is 1. The number of hydrogen-bond acceptors (Lipinski definition) is 2. The average Bonchev–Trinajstić information content (AvgIpc) is 2.20. The lowest BCUT2D eigenvalue weighted by molar-refractivity contribution is -0.117. The number of pyridine rings is 1. The van der Waals surface area contributed by atoms with Gasteiger partial charge in [0.05, 0.1) is 11.9 Å². The molecule has 1 amide bonds. The average molecular weight is 327 g/mol. The van der Waals surface area contributed by atoms with Gasteiger partial charge >= 0.3 is 0 Å². The molecule has 1 aromatic heterocycles. The van der Waals surface area contributed by atoms with Gasteiger partial charge in [-0.1, -0.05) is 27.7 Å². The Kier molecular flexibility index (Phi) is 5.53. The molecule has 0 saturated heterocycles. The lowest BCUT2D eigenvalue weighted by atomic mass is 9.84. The monoisotopic (exact) mass is 326 g/mol. The maximum atomic E-state index is 12.0. The van der Waals surface area contributed by atoms with Crippen LogP contribution >= 0.6 is 15.9 Å². The van der Waals surface area contributed by atoms with Crippen molar-refractivity contribution in [2.75, 3.05) is 5.32 Å². The summed E-state index contributed by atoms with van der Waals surface area (Å²) < 4.78 is 0.812. The van der Waals surface area contributed by atoms with Gasteiger partial charge < -0.3 is 5.32 Å². The van der Waals surface area contributed by atoms with Crippen molar-refractivity contribution in [1.29, 1.82) is 0 Å². The Morgan fingerprint density at radius 1 is 1.47 bits per heavy atom. The quantitative estimate of drug-likeness (QED) is 0.824. The van der Waals surface area contributed by atoms with Gasteiger partial charge in [-0.3, -0.25) is 4.79 Å². The maximum Gasteiger partial charge on any atom is 0.224 e. The summed E-state index contributed by atoms with van der Waals surface area (Å²) in [5.74, 6) is 0.435. The van der Waals surface area contributed by atoms with Gasteiger partial charge in [0.15, 0.2) is 0 Å². The Bertz CT molecular complexity index is 452. The van der Waals surface area contributed by atoms with E-state index in [4.69, 9.17) is 0 Å². The van der Waals surface area contributed by atoms with E-state index in [1.165, 1.54) is 0 Å². The first kappa shape index (κ1) is 16.2. The van der Waals surface area contributed by atoms with Gasteiger partial charge in [0.1, 0.15) is 4.60 Å². The summed E-state index contributed by atoms with van der Waals surface area (Å²) in [5.41, 5.74) is 2.03. The van der Waals surface area contributed by atoms with Crippen molar-refractivity contribution < 1.29 is 4.79 Å². The minimum atomic E-state index is 0.0558. The van der Waals surface area contributed by atoms with Crippen LogP contribution in [-0.2, 0) is 4.79 Å². The molecule has 0 fully saturated rings. The largest absolute Gasteiger partial charge is 0.325 e. The number of anilines is 1. The molecule has 1 N–H and O–H groups in total. The van der Waals surface area contributed by atoms with Gasteiger partial charge in [0.2, 0.25) is 5.91 Å². The number of carbonyl (C=O) groups excluding carboxylic acids is 1. The van der Waals surface area contributed by atoms with Crippen molar-refractivity contribution >= 4 is 27.5 Å². The van der Waals surface area contributed by atoms with Crippen LogP contribution in [0.25, 0.3) is 0 Å². The summed E-state index contributed by atoms with van der Waals surface area (Å²) >= 11 is 3.35. The molecule has 106 valence electrons. The Morgan fingerprint density at radius 2 is 2.11 bits per heavy atom. The fourth-order valence-electron chi connectivity index (χ4n) is 2.27. The molecule has 1 rings (SSSR count). The van der Waals surface area contributed by atoms with E-state index in [1.54, 1.807) is 6.20 Å². The number of nitrogens with zero attached hydrogens (tertiary/aromatic N) is 1. The highest BCUT2D eigenvalue weighted by atomic mass is 79.9. The molecule has 3 nitrogen and oxygen atoms in total. The molecule has 0 aliphatic carbocycles. The topological polar surface area (TPSA) is 42.0 Å². The molecule has 1 atom stereocenters. The minimum Gasteiger partial charge on any atom is -0.325 e. The second-order valence-corrected chi connectivity index (χ2v) is 7.21. The minimum absolute atomic E-state index is 0.0558. The van der Waals surface area contributed by atoms with E-state index in [1.807, 2.05) is 13.0 Å². The summed E-state index contributed by atoms with van der Waals surface area (Å²) in [7, 11) is 0. The lowest BCUT2D eigenvalue weighted by Gasteiger charge is -2.22. The molecular weight excluding hydrogens is 304 g/mol. The lowest BCUT2D eigenvalue weighted by Crippen LogP contribution is -2.19. The van der Waals surface area contributed by atoms with Crippen LogP contribution in [0.5, 0.6) is 0 Å². The van der Waals surface area contributed by atoms with Crippen LogP contribution in [0.3, 0.4) is 0 Å². The second kappa shape index (κ2) is 6.51. The maximum absolute atomic E-state index is 12.0. The molecule has 0 aliphatic heterocycles. The van der Waals surface area contributed by atoms with Crippen LogP contribution in [0, 0.1) is 18.3 Å². The SMILES string of the molecule is Cc1cc(NC(=O)CC(C)CC(C)(C)C)cnc1Br. The second-order valence-electron chi connectivity index (χ2n) is 6.45. The molecule has 1 unspecified atom stereocenters. The summed E-state index contributed by atoms with van der Waals surface area (Å²) in [6, 6.07) is 1.92. The molecule has 1 heterocycles. The fraction of sp³-hybridized carbons (Fsp3) is 0.600. The van der Waals surface area contributed by atoms with Gasteiger partial charge in [-0.15, -0.1) is 0 Å².